The molecule has 2 aromatic carbocycles. The molecule has 0 saturated carbocycles. The van der Waals surface area contributed by atoms with E-state index in [4.69, 9.17) is 11.6 Å². The first kappa shape index (κ1) is 14.8. The Balaban J connectivity index is 1.65. The molecule has 3 aromatic rings. The predicted octanol–water partition coefficient (Wildman–Crippen LogP) is 4.69. The van der Waals surface area contributed by atoms with E-state index in [1.54, 1.807) is 0 Å². The molecule has 0 radical (unpaired) electrons. The number of nitrogens with one attached hydrogen (secondary N) is 1. The Hall–Kier alpha value is -2.16. The number of hydrogen-bond donors (Lipinski definition) is 1. The molecule has 0 aliphatic rings. The molecule has 0 aliphatic carbocycles. The number of nitrogens with zero attached hydrogens (tertiary/aromatic N) is 1. The van der Waals surface area contributed by atoms with Crippen molar-refractivity contribution in [1.82, 2.24) is 10.3 Å². The number of aromatic nitrogens is 1. The molecule has 2 nitrogen and oxygen atoms in total. The Kier molecular flexibility index (Phi) is 4.84. The van der Waals surface area contributed by atoms with Crippen molar-refractivity contribution in [2.24, 2.45) is 0 Å². The molecule has 3 heteroatoms. The lowest BCUT2D eigenvalue weighted by molar-refractivity contribution is 0.693. The van der Waals surface area contributed by atoms with Gasteiger partial charge in [0.1, 0.15) is 0 Å². The lowest BCUT2D eigenvalue weighted by atomic mass is 10.0. The molecular weight excluding hydrogens is 292 g/mol. The van der Waals surface area contributed by atoms with Crippen LogP contribution in [-0.2, 0) is 13.1 Å². The van der Waals surface area contributed by atoms with E-state index in [-0.39, 0.29) is 0 Å². The van der Waals surface area contributed by atoms with Crippen LogP contribution in [0.3, 0.4) is 0 Å². The van der Waals surface area contributed by atoms with E-state index < -0.39 is 0 Å². The van der Waals surface area contributed by atoms with Gasteiger partial charge in [0.05, 0.1) is 0 Å². The molecule has 1 aromatic heterocycles. The van der Waals surface area contributed by atoms with Crippen molar-refractivity contribution < 1.29 is 0 Å². The fourth-order valence-electron chi connectivity index (χ4n) is 2.36. The average Bonchev–Trinajstić information content (AvgIpc) is 2.57. The topological polar surface area (TPSA) is 24.9 Å². The van der Waals surface area contributed by atoms with Crippen molar-refractivity contribution in [1.29, 1.82) is 0 Å². The summed E-state index contributed by atoms with van der Waals surface area (Å²) in [5.41, 5.74) is 4.89. The highest BCUT2D eigenvalue weighted by molar-refractivity contribution is 6.30. The maximum absolute atomic E-state index is 5.94. The van der Waals surface area contributed by atoms with Crippen molar-refractivity contribution in [3.05, 3.63) is 89.2 Å². The molecule has 0 spiro atoms. The number of halogens is 1. The zero-order chi connectivity index (χ0) is 15.2. The Morgan fingerprint density at radius 2 is 1.50 bits per heavy atom. The van der Waals surface area contributed by atoms with Crippen molar-refractivity contribution in [3.8, 4) is 11.1 Å². The summed E-state index contributed by atoms with van der Waals surface area (Å²) in [5, 5.41) is 4.22. The number of rotatable bonds is 5. The van der Waals surface area contributed by atoms with E-state index in [0.29, 0.717) is 0 Å². The number of benzene rings is 2. The molecule has 0 aliphatic heterocycles. The summed E-state index contributed by atoms with van der Waals surface area (Å²) < 4.78 is 0. The van der Waals surface area contributed by atoms with Gasteiger partial charge in [0.15, 0.2) is 0 Å². The van der Waals surface area contributed by atoms with Crippen LogP contribution in [-0.4, -0.2) is 4.98 Å². The summed E-state index contributed by atoms with van der Waals surface area (Å²) in [7, 11) is 0. The maximum Gasteiger partial charge on any atom is 0.0406 e. The summed E-state index contributed by atoms with van der Waals surface area (Å²) in [6, 6.07) is 20.5. The van der Waals surface area contributed by atoms with Crippen LogP contribution in [0, 0.1) is 0 Å². The second kappa shape index (κ2) is 7.21. The molecule has 0 atom stereocenters. The van der Waals surface area contributed by atoms with Crippen LogP contribution in [0.15, 0.2) is 73.1 Å². The van der Waals surface area contributed by atoms with Crippen molar-refractivity contribution in [3.63, 3.8) is 0 Å². The van der Waals surface area contributed by atoms with E-state index in [9.17, 15) is 0 Å². The van der Waals surface area contributed by atoms with Gasteiger partial charge in [-0.25, -0.2) is 0 Å². The first-order chi connectivity index (χ1) is 10.8. The van der Waals surface area contributed by atoms with Gasteiger partial charge in [0.2, 0.25) is 0 Å². The Labute approximate surface area is 135 Å². The zero-order valence-corrected chi connectivity index (χ0v) is 12.9. The van der Waals surface area contributed by atoms with Crippen molar-refractivity contribution >= 4 is 11.6 Å². The van der Waals surface area contributed by atoms with E-state index in [0.717, 1.165) is 18.1 Å². The first-order valence-electron chi connectivity index (χ1n) is 7.26. The molecule has 0 bridgehead atoms. The molecular formula is C19H17ClN2. The maximum atomic E-state index is 5.94. The van der Waals surface area contributed by atoms with Crippen LogP contribution in [0.4, 0.5) is 0 Å². The lowest BCUT2D eigenvalue weighted by Crippen LogP contribution is -2.12. The monoisotopic (exact) mass is 308 g/mol. The first-order valence-corrected chi connectivity index (χ1v) is 7.63. The van der Waals surface area contributed by atoms with Crippen LogP contribution < -0.4 is 5.32 Å². The van der Waals surface area contributed by atoms with Gasteiger partial charge in [0.25, 0.3) is 0 Å². The molecule has 0 saturated heterocycles. The normalized spacial score (nSPS) is 10.6. The summed E-state index contributed by atoms with van der Waals surface area (Å²) in [5.74, 6) is 0. The second-order valence-corrected chi connectivity index (χ2v) is 5.60. The van der Waals surface area contributed by atoms with Gasteiger partial charge >= 0.3 is 0 Å². The Morgan fingerprint density at radius 3 is 2.27 bits per heavy atom. The third-order valence-corrected chi connectivity index (χ3v) is 3.76. The quantitative estimate of drug-likeness (QED) is 0.739. The van der Waals surface area contributed by atoms with Crippen molar-refractivity contribution in [2.75, 3.05) is 0 Å². The zero-order valence-electron chi connectivity index (χ0n) is 12.2. The highest BCUT2D eigenvalue weighted by Crippen LogP contribution is 2.22. The van der Waals surface area contributed by atoms with E-state index in [2.05, 4.69) is 34.6 Å². The van der Waals surface area contributed by atoms with Crippen LogP contribution in [0.25, 0.3) is 11.1 Å². The Morgan fingerprint density at radius 1 is 0.773 bits per heavy atom. The smallest absolute Gasteiger partial charge is 0.0406 e. The fourth-order valence-corrected chi connectivity index (χ4v) is 2.48. The standard InChI is InChI=1S/C19H17ClN2/c20-19-6-4-17(5-7-19)18-3-1-2-16(12-18)14-22-13-15-8-10-21-11-9-15/h1-12,22H,13-14H2. The van der Waals surface area contributed by atoms with Gasteiger partial charge in [-0.1, -0.05) is 41.9 Å². The number of hydrogen-bond acceptors (Lipinski definition) is 2. The van der Waals surface area contributed by atoms with Crippen LogP contribution in [0.1, 0.15) is 11.1 Å². The van der Waals surface area contributed by atoms with E-state index in [1.807, 2.05) is 48.8 Å². The van der Waals surface area contributed by atoms with E-state index >= 15 is 0 Å². The van der Waals surface area contributed by atoms with Gasteiger partial charge in [-0.05, 0) is 52.6 Å². The fraction of sp³-hybridized carbons (Fsp3) is 0.105. The molecule has 22 heavy (non-hydrogen) atoms. The summed E-state index contributed by atoms with van der Waals surface area (Å²) in [4.78, 5) is 4.03. The largest absolute Gasteiger partial charge is 0.309 e. The van der Waals surface area contributed by atoms with Crippen LogP contribution >= 0.6 is 11.6 Å². The molecule has 0 fully saturated rings. The van der Waals surface area contributed by atoms with Crippen molar-refractivity contribution in [2.45, 2.75) is 13.1 Å². The summed E-state index contributed by atoms with van der Waals surface area (Å²) in [6.45, 7) is 1.68. The minimum absolute atomic E-state index is 0.763. The Bertz CT molecular complexity index is 724. The second-order valence-electron chi connectivity index (χ2n) is 5.17. The van der Waals surface area contributed by atoms with Crippen LogP contribution in [0.2, 0.25) is 5.02 Å². The third-order valence-electron chi connectivity index (χ3n) is 3.51. The highest BCUT2D eigenvalue weighted by Gasteiger charge is 2.00. The molecule has 0 amide bonds. The SMILES string of the molecule is Clc1ccc(-c2cccc(CNCc3ccncc3)c2)cc1. The minimum Gasteiger partial charge on any atom is -0.309 e. The minimum atomic E-state index is 0.763. The third kappa shape index (κ3) is 3.94. The summed E-state index contributed by atoms with van der Waals surface area (Å²) in [6.07, 6.45) is 3.64. The van der Waals surface area contributed by atoms with Gasteiger partial charge in [-0.2, -0.15) is 0 Å². The lowest BCUT2D eigenvalue weighted by Gasteiger charge is -2.08. The molecule has 0 unspecified atom stereocenters. The van der Waals surface area contributed by atoms with E-state index in [1.165, 1.54) is 22.3 Å². The molecule has 3 rings (SSSR count). The highest BCUT2D eigenvalue weighted by atomic mass is 35.5. The van der Waals surface area contributed by atoms with Crippen LogP contribution in [0.5, 0.6) is 0 Å². The van der Waals surface area contributed by atoms with Gasteiger partial charge in [-0.3, -0.25) is 4.98 Å². The summed E-state index contributed by atoms with van der Waals surface area (Å²) >= 11 is 5.94. The molecule has 110 valence electrons. The predicted molar refractivity (Wildman–Crippen MR) is 91.7 cm³/mol. The molecule has 1 heterocycles. The van der Waals surface area contributed by atoms with Gasteiger partial charge in [-0.15, -0.1) is 0 Å². The molecule has 1 N–H and O–H groups in total. The van der Waals surface area contributed by atoms with Gasteiger partial charge in [0, 0.05) is 30.5 Å². The average molecular weight is 309 g/mol. The number of pyridine rings is 1. The van der Waals surface area contributed by atoms with Gasteiger partial charge < -0.3 is 5.32 Å².